The molecule has 6 heteroatoms. The Bertz CT molecular complexity index is 891. The van der Waals surface area contributed by atoms with Crippen molar-refractivity contribution in [1.82, 2.24) is 19.7 Å². The van der Waals surface area contributed by atoms with E-state index in [9.17, 15) is 4.79 Å². The van der Waals surface area contributed by atoms with E-state index in [1.165, 1.54) is 24.1 Å². The van der Waals surface area contributed by atoms with Crippen LogP contribution < -0.4 is 10.5 Å². The topological polar surface area (TPSA) is 63.9 Å². The summed E-state index contributed by atoms with van der Waals surface area (Å²) < 4.78 is 1.67. The molecule has 0 spiro atoms. The summed E-state index contributed by atoms with van der Waals surface area (Å²) in [4.78, 5) is 23.8. The Kier molecular flexibility index (Phi) is 5.21. The smallest absolute Gasteiger partial charge is 0.266 e. The Morgan fingerprint density at radius 1 is 1.07 bits per heavy atom. The number of rotatable bonds is 3. The largest absolute Gasteiger partial charge is 0.356 e. The number of aryl methyl sites for hydroxylation is 1. The van der Waals surface area contributed by atoms with Crippen LogP contribution in [0.15, 0.2) is 23.3 Å². The van der Waals surface area contributed by atoms with Crippen molar-refractivity contribution < 1.29 is 0 Å². The maximum absolute atomic E-state index is 12.3. The number of hydrogen-bond acceptors (Lipinski definition) is 5. The zero-order valence-corrected chi connectivity index (χ0v) is 17.3. The first kappa shape index (κ1) is 19.1. The number of anilines is 1. The lowest BCUT2D eigenvalue weighted by atomic mass is 9.92. The molecule has 1 aliphatic carbocycles. The van der Waals surface area contributed by atoms with E-state index in [0.717, 1.165) is 50.3 Å². The number of piperidine rings is 1. The summed E-state index contributed by atoms with van der Waals surface area (Å²) >= 11 is 0. The summed E-state index contributed by atoms with van der Waals surface area (Å²) in [5, 5.41) is 4.64. The fourth-order valence-corrected chi connectivity index (χ4v) is 4.33. The second-order valence-corrected chi connectivity index (χ2v) is 9.25. The molecule has 2 aromatic heterocycles. The van der Waals surface area contributed by atoms with E-state index in [4.69, 9.17) is 0 Å². The molecular formula is C22H31N5O. The molecule has 0 saturated carbocycles. The van der Waals surface area contributed by atoms with E-state index in [-0.39, 0.29) is 11.0 Å². The van der Waals surface area contributed by atoms with Gasteiger partial charge in [-0.3, -0.25) is 4.79 Å². The van der Waals surface area contributed by atoms with E-state index >= 15 is 0 Å². The Morgan fingerprint density at radius 3 is 2.57 bits per heavy atom. The van der Waals surface area contributed by atoms with E-state index in [1.54, 1.807) is 17.1 Å². The van der Waals surface area contributed by atoms with Gasteiger partial charge in [0.1, 0.15) is 12.1 Å². The van der Waals surface area contributed by atoms with Gasteiger partial charge in [-0.05, 0) is 50.5 Å². The minimum Gasteiger partial charge on any atom is -0.356 e. The Labute approximate surface area is 167 Å². The molecule has 28 heavy (non-hydrogen) atoms. The summed E-state index contributed by atoms with van der Waals surface area (Å²) in [6.45, 7) is 9.07. The third-order valence-corrected chi connectivity index (χ3v) is 6.08. The van der Waals surface area contributed by atoms with Gasteiger partial charge in [-0.2, -0.15) is 5.10 Å². The average molecular weight is 382 g/mol. The third kappa shape index (κ3) is 3.96. The molecule has 3 heterocycles. The summed E-state index contributed by atoms with van der Waals surface area (Å²) in [6.07, 6.45) is 8.51. The first-order valence-electron chi connectivity index (χ1n) is 10.6. The van der Waals surface area contributed by atoms with Gasteiger partial charge in [0.05, 0.1) is 5.69 Å². The van der Waals surface area contributed by atoms with Gasteiger partial charge >= 0.3 is 0 Å². The minimum atomic E-state index is -0.0507. The quantitative estimate of drug-likeness (QED) is 0.817. The molecule has 2 aromatic rings. The van der Waals surface area contributed by atoms with Gasteiger partial charge < -0.3 is 4.90 Å². The van der Waals surface area contributed by atoms with Crippen LogP contribution in [0.5, 0.6) is 0 Å². The molecule has 150 valence electrons. The van der Waals surface area contributed by atoms with Crippen LogP contribution in [-0.2, 0) is 24.8 Å². The van der Waals surface area contributed by atoms with E-state index < -0.39 is 0 Å². The van der Waals surface area contributed by atoms with Gasteiger partial charge in [0.2, 0.25) is 0 Å². The molecule has 0 unspecified atom stereocenters. The molecule has 4 rings (SSSR count). The summed E-state index contributed by atoms with van der Waals surface area (Å²) in [7, 11) is 0. The van der Waals surface area contributed by atoms with Crippen LogP contribution in [0.3, 0.4) is 0 Å². The monoisotopic (exact) mass is 381 g/mol. The fraction of sp³-hybridized carbons (Fsp3) is 0.636. The highest BCUT2D eigenvalue weighted by Crippen LogP contribution is 2.30. The molecule has 0 amide bonds. The second kappa shape index (κ2) is 7.64. The summed E-state index contributed by atoms with van der Waals surface area (Å²) in [5.41, 5.74) is 3.53. The number of fused-ring (bicyclic) bond motifs is 1. The van der Waals surface area contributed by atoms with Gasteiger partial charge in [0.25, 0.3) is 5.56 Å². The van der Waals surface area contributed by atoms with Crippen molar-refractivity contribution in [2.45, 2.75) is 71.3 Å². The van der Waals surface area contributed by atoms with Crippen molar-refractivity contribution in [1.29, 1.82) is 0 Å². The van der Waals surface area contributed by atoms with Gasteiger partial charge in [-0.25, -0.2) is 14.6 Å². The van der Waals surface area contributed by atoms with Crippen molar-refractivity contribution >= 4 is 5.82 Å². The Hall–Kier alpha value is -2.24. The van der Waals surface area contributed by atoms with Crippen molar-refractivity contribution in [3.63, 3.8) is 0 Å². The fourth-order valence-electron chi connectivity index (χ4n) is 4.33. The predicted octanol–water partition coefficient (Wildman–Crippen LogP) is 3.13. The predicted molar refractivity (Wildman–Crippen MR) is 111 cm³/mol. The maximum Gasteiger partial charge on any atom is 0.266 e. The lowest BCUT2D eigenvalue weighted by Gasteiger charge is -2.34. The van der Waals surface area contributed by atoms with Crippen molar-refractivity contribution in [3.8, 4) is 0 Å². The molecule has 0 N–H and O–H groups in total. The molecule has 1 saturated heterocycles. The molecule has 0 aromatic carbocycles. The highest BCUT2D eigenvalue weighted by atomic mass is 16.1. The van der Waals surface area contributed by atoms with Gasteiger partial charge in [0, 0.05) is 42.4 Å². The second-order valence-electron chi connectivity index (χ2n) is 9.25. The molecule has 1 aliphatic heterocycles. The van der Waals surface area contributed by atoms with Gasteiger partial charge in [0.15, 0.2) is 0 Å². The average Bonchev–Trinajstić information content (AvgIpc) is 2.69. The zero-order valence-electron chi connectivity index (χ0n) is 17.3. The van der Waals surface area contributed by atoms with Crippen LogP contribution in [-0.4, -0.2) is 32.8 Å². The summed E-state index contributed by atoms with van der Waals surface area (Å²) in [6, 6.07) is 3.52. The van der Waals surface area contributed by atoms with E-state index in [2.05, 4.69) is 40.7 Å². The lowest BCUT2D eigenvalue weighted by molar-refractivity contribution is 0.329. The molecule has 0 bridgehead atoms. The molecular weight excluding hydrogens is 350 g/mol. The molecule has 0 radical (unpaired) electrons. The number of nitrogens with zero attached hydrogens (tertiary/aromatic N) is 5. The van der Waals surface area contributed by atoms with Crippen molar-refractivity contribution in [3.05, 3.63) is 45.8 Å². The highest BCUT2D eigenvalue weighted by molar-refractivity contribution is 5.49. The Morgan fingerprint density at radius 2 is 1.82 bits per heavy atom. The maximum atomic E-state index is 12.3. The van der Waals surface area contributed by atoms with Crippen LogP contribution >= 0.6 is 0 Å². The Balaban J connectivity index is 1.44. The van der Waals surface area contributed by atoms with Crippen LogP contribution in [0.4, 0.5) is 5.82 Å². The SMILES string of the molecule is CC(C)(C)c1ccc(=O)n(CC2CCN(c3ncnc4c3CCCC4)CC2)n1. The summed E-state index contributed by atoms with van der Waals surface area (Å²) in [5.74, 6) is 1.63. The molecule has 0 atom stereocenters. The molecule has 6 nitrogen and oxygen atoms in total. The van der Waals surface area contributed by atoms with Crippen LogP contribution in [0, 0.1) is 5.92 Å². The normalized spacial score (nSPS) is 18.2. The van der Waals surface area contributed by atoms with Crippen LogP contribution in [0.25, 0.3) is 0 Å². The number of hydrogen-bond donors (Lipinski definition) is 0. The third-order valence-electron chi connectivity index (χ3n) is 6.08. The van der Waals surface area contributed by atoms with Gasteiger partial charge in [-0.1, -0.05) is 20.8 Å². The van der Waals surface area contributed by atoms with Crippen LogP contribution in [0.1, 0.15) is 63.4 Å². The first-order chi connectivity index (χ1) is 13.4. The molecule has 1 fully saturated rings. The van der Waals surface area contributed by atoms with Gasteiger partial charge in [-0.15, -0.1) is 0 Å². The minimum absolute atomic E-state index is 0.000277. The van der Waals surface area contributed by atoms with E-state index in [1.807, 2.05) is 6.07 Å². The van der Waals surface area contributed by atoms with E-state index in [0.29, 0.717) is 12.5 Å². The zero-order chi connectivity index (χ0) is 19.7. The standard InChI is InChI=1S/C22H31N5O/c1-22(2,3)19-8-9-20(28)27(25-19)14-16-10-12-26(13-11-16)21-17-6-4-5-7-18(17)23-15-24-21/h8-9,15-16H,4-7,10-14H2,1-3H3. The highest BCUT2D eigenvalue weighted by Gasteiger charge is 2.25. The van der Waals surface area contributed by atoms with Crippen molar-refractivity contribution in [2.24, 2.45) is 5.92 Å². The molecule has 2 aliphatic rings. The number of aromatic nitrogens is 4. The van der Waals surface area contributed by atoms with Crippen molar-refractivity contribution in [2.75, 3.05) is 18.0 Å². The lowest BCUT2D eigenvalue weighted by Crippen LogP contribution is -2.38. The first-order valence-corrected chi connectivity index (χ1v) is 10.6. The van der Waals surface area contributed by atoms with Crippen LogP contribution in [0.2, 0.25) is 0 Å².